The number of carbonyl (C=O) groups is 2. The number of hydrogen-bond acceptors (Lipinski definition) is 4. The zero-order chi connectivity index (χ0) is 13.3. The van der Waals surface area contributed by atoms with Crippen molar-refractivity contribution in [1.29, 1.82) is 0 Å². The van der Waals surface area contributed by atoms with Gasteiger partial charge in [-0.3, -0.25) is 9.20 Å². The minimum Gasteiger partial charge on any atom is -0.487 e. The van der Waals surface area contributed by atoms with E-state index in [0.29, 0.717) is 17.7 Å². The second-order valence-electron chi connectivity index (χ2n) is 4.00. The highest BCUT2D eigenvalue weighted by molar-refractivity contribution is 5.96. The molecule has 2 aromatic heterocycles. The van der Waals surface area contributed by atoms with Gasteiger partial charge in [0.1, 0.15) is 5.69 Å². The highest BCUT2D eigenvalue weighted by Crippen LogP contribution is 2.22. The highest BCUT2D eigenvalue weighted by Gasteiger charge is 2.19. The summed E-state index contributed by atoms with van der Waals surface area (Å²) in [6.07, 6.45) is 1.98. The first kappa shape index (κ1) is 12.1. The average Bonchev–Trinajstić information content (AvgIpc) is 2.68. The maximum atomic E-state index is 11.0. The molecule has 0 saturated heterocycles. The molecule has 94 valence electrons. The van der Waals surface area contributed by atoms with Gasteiger partial charge in [-0.1, -0.05) is 0 Å². The van der Waals surface area contributed by atoms with Crippen LogP contribution in [0.4, 0.5) is 0 Å². The van der Waals surface area contributed by atoms with Gasteiger partial charge < -0.3 is 9.84 Å². The zero-order valence-corrected chi connectivity index (χ0v) is 9.95. The van der Waals surface area contributed by atoms with Gasteiger partial charge in [0.05, 0.1) is 6.10 Å². The molecule has 0 saturated carbocycles. The molecule has 0 aliphatic heterocycles. The molecular weight excluding hydrogens is 236 g/mol. The molecule has 0 atom stereocenters. The van der Waals surface area contributed by atoms with Gasteiger partial charge in [-0.05, 0) is 26.0 Å². The fourth-order valence-electron chi connectivity index (χ4n) is 1.68. The van der Waals surface area contributed by atoms with E-state index >= 15 is 0 Å². The van der Waals surface area contributed by atoms with E-state index < -0.39 is 5.97 Å². The van der Waals surface area contributed by atoms with Gasteiger partial charge in [0.25, 0.3) is 0 Å². The highest BCUT2D eigenvalue weighted by atomic mass is 16.5. The third kappa shape index (κ3) is 1.92. The summed E-state index contributed by atoms with van der Waals surface area (Å²) in [4.78, 5) is 25.9. The molecule has 0 spiro atoms. The fraction of sp³-hybridized carbons (Fsp3) is 0.250. The van der Waals surface area contributed by atoms with Crippen LogP contribution in [0, 0.1) is 0 Å². The molecule has 0 aliphatic rings. The summed E-state index contributed by atoms with van der Waals surface area (Å²) < 4.78 is 6.94. The van der Waals surface area contributed by atoms with E-state index in [1.807, 2.05) is 13.8 Å². The van der Waals surface area contributed by atoms with Crippen molar-refractivity contribution in [3.63, 3.8) is 0 Å². The van der Waals surface area contributed by atoms with Crippen LogP contribution in [0.2, 0.25) is 0 Å². The SMILES string of the molecule is CC(C)Oc1cccn2c(C=O)c(C(=O)O)nc12. The van der Waals surface area contributed by atoms with Gasteiger partial charge in [-0.25, -0.2) is 9.78 Å². The number of fused-ring (bicyclic) bond motifs is 1. The molecule has 0 aromatic carbocycles. The quantitative estimate of drug-likeness (QED) is 0.832. The van der Waals surface area contributed by atoms with Crippen LogP contribution in [-0.4, -0.2) is 32.9 Å². The summed E-state index contributed by atoms with van der Waals surface area (Å²) in [7, 11) is 0. The number of aromatic carboxylic acids is 1. The minimum atomic E-state index is -1.24. The number of aromatic nitrogens is 2. The third-order valence-electron chi connectivity index (χ3n) is 2.33. The number of aldehydes is 1. The summed E-state index contributed by atoms with van der Waals surface area (Å²) in [5, 5.41) is 9.00. The number of nitrogens with zero attached hydrogens (tertiary/aromatic N) is 2. The summed E-state index contributed by atoms with van der Waals surface area (Å²) in [5.74, 6) is -0.792. The summed E-state index contributed by atoms with van der Waals surface area (Å²) in [6.45, 7) is 3.70. The lowest BCUT2D eigenvalue weighted by molar-refractivity contribution is 0.0688. The van der Waals surface area contributed by atoms with Crippen LogP contribution in [0.1, 0.15) is 34.8 Å². The van der Waals surface area contributed by atoms with Gasteiger partial charge in [-0.15, -0.1) is 0 Å². The Hall–Kier alpha value is -2.37. The summed E-state index contributed by atoms with van der Waals surface area (Å²) >= 11 is 0. The van der Waals surface area contributed by atoms with E-state index in [9.17, 15) is 9.59 Å². The van der Waals surface area contributed by atoms with E-state index in [1.54, 1.807) is 18.3 Å². The second-order valence-corrected chi connectivity index (χ2v) is 4.00. The van der Waals surface area contributed by atoms with Crippen molar-refractivity contribution in [2.24, 2.45) is 0 Å². The van der Waals surface area contributed by atoms with E-state index in [-0.39, 0.29) is 17.5 Å². The number of rotatable bonds is 4. The molecule has 0 aliphatic carbocycles. The number of carboxylic acids is 1. The van der Waals surface area contributed by atoms with Crippen LogP contribution in [0.15, 0.2) is 18.3 Å². The van der Waals surface area contributed by atoms with Crippen molar-refractivity contribution < 1.29 is 19.4 Å². The van der Waals surface area contributed by atoms with Crippen molar-refractivity contribution in [2.75, 3.05) is 0 Å². The topological polar surface area (TPSA) is 80.9 Å². The van der Waals surface area contributed by atoms with Crippen molar-refractivity contribution in [1.82, 2.24) is 9.38 Å². The lowest BCUT2D eigenvalue weighted by atomic mass is 10.3. The van der Waals surface area contributed by atoms with E-state index in [0.717, 1.165) is 0 Å². The molecule has 0 radical (unpaired) electrons. The Bertz CT molecular complexity index is 616. The molecule has 2 rings (SSSR count). The maximum Gasteiger partial charge on any atom is 0.356 e. The van der Waals surface area contributed by atoms with Crippen LogP contribution in [0.25, 0.3) is 5.65 Å². The monoisotopic (exact) mass is 248 g/mol. The molecule has 1 N–H and O–H groups in total. The smallest absolute Gasteiger partial charge is 0.356 e. The molecular formula is C12H12N2O4. The Morgan fingerprint density at radius 1 is 1.56 bits per heavy atom. The fourth-order valence-corrected chi connectivity index (χ4v) is 1.68. The van der Waals surface area contributed by atoms with Gasteiger partial charge >= 0.3 is 5.97 Å². The first-order chi connectivity index (χ1) is 8.54. The van der Waals surface area contributed by atoms with Crippen LogP contribution in [0.3, 0.4) is 0 Å². The Labute approximate surface area is 103 Å². The molecule has 18 heavy (non-hydrogen) atoms. The average molecular weight is 248 g/mol. The van der Waals surface area contributed by atoms with Crippen molar-refractivity contribution in [2.45, 2.75) is 20.0 Å². The lowest BCUT2D eigenvalue weighted by Crippen LogP contribution is -2.06. The molecule has 2 heterocycles. The van der Waals surface area contributed by atoms with Crippen molar-refractivity contribution in [3.8, 4) is 5.75 Å². The van der Waals surface area contributed by atoms with Gasteiger partial charge in [-0.2, -0.15) is 0 Å². The number of pyridine rings is 1. The zero-order valence-electron chi connectivity index (χ0n) is 9.95. The van der Waals surface area contributed by atoms with Gasteiger partial charge in [0, 0.05) is 6.20 Å². The maximum absolute atomic E-state index is 11.0. The molecule has 6 heteroatoms. The number of carboxylic acid groups (broad SMARTS) is 1. The Kier molecular flexibility index (Phi) is 3.01. The lowest BCUT2D eigenvalue weighted by Gasteiger charge is -2.10. The molecule has 2 aromatic rings. The molecule has 0 bridgehead atoms. The number of ether oxygens (including phenoxy) is 1. The first-order valence-corrected chi connectivity index (χ1v) is 5.40. The van der Waals surface area contributed by atoms with Gasteiger partial charge in [0.15, 0.2) is 23.4 Å². The van der Waals surface area contributed by atoms with E-state index in [2.05, 4.69) is 4.98 Å². The molecule has 6 nitrogen and oxygen atoms in total. The second kappa shape index (κ2) is 4.48. The van der Waals surface area contributed by atoms with E-state index in [4.69, 9.17) is 9.84 Å². The number of imidazole rings is 1. The number of carbonyl (C=O) groups excluding carboxylic acids is 1. The Morgan fingerprint density at radius 2 is 2.28 bits per heavy atom. The standard InChI is InChI=1S/C12H12N2O4/c1-7(2)18-9-4-3-5-14-8(6-15)10(12(16)17)13-11(9)14/h3-7H,1-2H3,(H,16,17). The van der Waals surface area contributed by atoms with Gasteiger partial charge in [0.2, 0.25) is 0 Å². The van der Waals surface area contributed by atoms with Crippen LogP contribution in [0.5, 0.6) is 5.75 Å². The first-order valence-electron chi connectivity index (χ1n) is 5.40. The van der Waals surface area contributed by atoms with Crippen molar-refractivity contribution >= 4 is 17.9 Å². The summed E-state index contributed by atoms with van der Waals surface area (Å²) in [6, 6.07) is 3.35. The number of hydrogen-bond donors (Lipinski definition) is 1. The summed E-state index contributed by atoms with van der Waals surface area (Å²) in [5.41, 5.74) is 0.0576. The largest absolute Gasteiger partial charge is 0.487 e. The van der Waals surface area contributed by atoms with Crippen molar-refractivity contribution in [3.05, 3.63) is 29.7 Å². The Balaban J connectivity index is 2.71. The third-order valence-corrected chi connectivity index (χ3v) is 2.33. The molecule has 0 unspecified atom stereocenters. The van der Waals surface area contributed by atoms with Crippen LogP contribution in [-0.2, 0) is 0 Å². The van der Waals surface area contributed by atoms with Crippen LogP contribution >= 0.6 is 0 Å². The van der Waals surface area contributed by atoms with Crippen LogP contribution < -0.4 is 4.74 Å². The van der Waals surface area contributed by atoms with E-state index in [1.165, 1.54) is 4.40 Å². The molecule has 0 amide bonds. The Morgan fingerprint density at radius 3 is 2.83 bits per heavy atom. The molecule has 0 fully saturated rings. The predicted molar refractivity (Wildman–Crippen MR) is 63.3 cm³/mol. The normalized spacial score (nSPS) is 10.8. The predicted octanol–water partition coefficient (Wildman–Crippen LogP) is 1.63. The minimum absolute atomic E-state index is 0.00621.